The lowest BCUT2D eigenvalue weighted by Crippen LogP contribution is -2.28. The topological polar surface area (TPSA) is 90.7 Å². The Hall–Kier alpha value is -3.38. The van der Waals surface area contributed by atoms with Crippen LogP contribution in [-0.4, -0.2) is 29.0 Å². The Labute approximate surface area is 186 Å². The summed E-state index contributed by atoms with van der Waals surface area (Å²) in [7, 11) is 0. The van der Waals surface area contributed by atoms with E-state index in [4.69, 9.17) is 5.26 Å². The van der Waals surface area contributed by atoms with Crippen molar-refractivity contribution >= 4 is 27.7 Å². The zero-order chi connectivity index (χ0) is 22.2. The number of nitrogens with zero attached hydrogens (tertiary/aromatic N) is 3. The van der Waals surface area contributed by atoms with E-state index >= 15 is 0 Å². The Morgan fingerprint density at radius 2 is 1.74 bits per heavy atom. The van der Waals surface area contributed by atoms with Gasteiger partial charge in [0.15, 0.2) is 28.8 Å². The molecule has 0 fully saturated rings. The summed E-state index contributed by atoms with van der Waals surface area (Å²) < 4.78 is 27.3. The maximum atomic E-state index is 13.3. The molecule has 2 N–H and O–H groups in total. The fraction of sp³-hybridized carbons (Fsp3) is 0.182. The summed E-state index contributed by atoms with van der Waals surface area (Å²) in [6.07, 6.45) is 2.30. The molecule has 158 valence electrons. The van der Waals surface area contributed by atoms with Crippen LogP contribution in [0.1, 0.15) is 27.3 Å². The maximum Gasteiger partial charge on any atom is 0.273 e. The van der Waals surface area contributed by atoms with E-state index in [2.05, 4.69) is 36.5 Å². The molecule has 0 aliphatic carbocycles. The SMILES string of the molecule is N#Cc1cnc(NCCc2ccc(Br)cc2)c(C(=O)NCCc2ccc(F)c(F)c2)n1. The molecule has 0 aliphatic heterocycles. The van der Waals surface area contributed by atoms with Crippen molar-refractivity contribution in [1.82, 2.24) is 15.3 Å². The fourth-order valence-corrected chi connectivity index (χ4v) is 3.07. The van der Waals surface area contributed by atoms with Crippen LogP contribution < -0.4 is 10.6 Å². The minimum absolute atomic E-state index is 0.000132. The number of rotatable bonds is 8. The quantitative estimate of drug-likeness (QED) is 0.502. The number of nitriles is 1. The third-order valence-electron chi connectivity index (χ3n) is 4.40. The lowest BCUT2D eigenvalue weighted by molar-refractivity contribution is 0.0949. The number of amides is 1. The van der Waals surface area contributed by atoms with E-state index in [1.165, 1.54) is 12.3 Å². The molecule has 31 heavy (non-hydrogen) atoms. The number of nitrogens with one attached hydrogen (secondary N) is 2. The lowest BCUT2D eigenvalue weighted by Gasteiger charge is -2.11. The first-order valence-electron chi connectivity index (χ1n) is 9.44. The third kappa shape index (κ3) is 6.30. The van der Waals surface area contributed by atoms with Crippen molar-refractivity contribution in [2.75, 3.05) is 18.4 Å². The van der Waals surface area contributed by atoms with E-state index in [9.17, 15) is 13.6 Å². The Morgan fingerprint density at radius 3 is 2.45 bits per heavy atom. The van der Waals surface area contributed by atoms with Gasteiger partial charge in [0.05, 0.1) is 6.20 Å². The van der Waals surface area contributed by atoms with Crippen LogP contribution in [0.2, 0.25) is 0 Å². The smallest absolute Gasteiger partial charge is 0.273 e. The number of aromatic nitrogens is 2. The first-order valence-corrected chi connectivity index (χ1v) is 10.2. The second-order valence-corrected chi connectivity index (χ2v) is 7.54. The van der Waals surface area contributed by atoms with Crippen molar-refractivity contribution in [2.45, 2.75) is 12.8 Å². The largest absolute Gasteiger partial charge is 0.368 e. The second kappa shape index (κ2) is 10.6. The number of benzene rings is 2. The predicted octanol–water partition coefficient (Wildman–Crippen LogP) is 4.02. The molecule has 0 aliphatic rings. The van der Waals surface area contributed by atoms with Crippen LogP contribution in [0.3, 0.4) is 0 Å². The molecule has 9 heteroatoms. The van der Waals surface area contributed by atoms with Crippen molar-refractivity contribution in [3.8, 4) is 6.07 Å². The summed E-state index contributed by atoms with van der Waals surface area (Å²) in [4.78, 5) is 20.8. The van der Waals surface area contributed by atoms with Gasteiger partial charge in [0.1, 0.15) is 6.07 Å². The Kier molecular flexibility index (Phi) is 7.62. The average Bonchev–Trinajstić information content (AvgIpc) is 2.77. The molecule has 6 nitrogen and oxygen atoms in total. The minimum atomic E-state index is -0.936. The van der Waals surface area contributed by atoms with E-state index in [1.807, 2.05) is 30.3 Å². The van der Waals surface area contributed by atoms with Crippen LogP contribution in [-0.2, 0) is 12.8 Å². The first-order chi connectivity index (χ1) is 15.0. The summed E-state index contributed by atoms with van der Waals surface area (Å²) >= 11 is 3.39. The van der Waals surface area contributed by atoms with Gasteiger partial charge in [-0.1, -0.05) is 34.1 Å². The summed E-state index contributed by atoms with van der Waals surface area (Å²) in [5, 5.41) is 14.8. The van der Waals surface area contributed by atoms with Crippen molar-refractivity contribution < 1.29 is 13.6 Å². The Morgan fingerprint density at radius 1 is 1.03 bits per heavy atom. The highest BCUT2D eigenvalue weighted by Gasteiger charge is 2.16. The summed E-state index contributed by atoms with van der Waals surface area (Å²) in [5.41, 5.74) is 1.67. The van der Waals surface area contributed by atoms with Crippen molar-refractivity contribution in [2.24, 2.45) is 0 Å². The highest BCUT2D eigenvalue weighted by Crippen LogP contribution is 2.14. The maximum absolute atomic E-state index is 13.3. The number of hydrogen-bond donors (Lipinski definition) is 2. The zero-order valence-electron chi connectivity index (χ0n) is 16.3. The highest BCUT2D eigenvalue weighted by molar-refractivity contribution is 9.10. The molecule has 1 aromatic heterocycles. The van der Waals surface area contributed by atoms with Gasteiger partial charge >= 0.3 is 0 Å². The van der Waals surface area contributed by atoms with Gasteiger partial charge in [-0.15, -0.1) is 0 Å². The molecule has 3 rings (SSSR count). The number of hydrogen-bond acceptors (Lipinski definition) is 5. The van der Waals surface area contributed by atoms with Crippen LogP contribution in [0.15, 0.2) is 53.1 Å². The molecule has 0 radical (unpaired) electrons. The van der Waals surface area contributed by atoms with E-state index in [0.29, 0.717) is 24.9 Å². The molecular formula is C22H18BrF2N5O. The molecule has 0 atom stereocenters. The first kappa shape index (κ1) is 22.3. The van der Waals surface area contributed by atoms with E-state index < -0.39 is 17.5 Å². The standard InChI is InChI=1S/C22H18BrF2N5O/c23-16-4-1-14(2-5-16)7-9-27-21-20(30-17(12-26)13-29-21)22(31)28-10-8-15-3-6-18(24)19(25)11-15/h1-6,11,13H,7-10H2,(H,27,29)(H,28,31). The van der Waals surface area contributed by atoms with Crippen molar-refractivity contribution in [3.05, 3.63) is 87.3 Å². The lowest BCUT2D eigenvalue weighted by atomic mass is 10.1. The van der Waals surface area contributed by atoms with Gasteiger partial charge in [-0.05, 0) is 48.2 Å². The van der Waals surface area contributed by atoms with Gasteiger partial charge < -0.3 is 10.6 Å². The zero-order valence-corrected chi connectivity index (χ0v) is 17.9. The van der Waals surface area contributed by atoms with E-state index in [-0.39, 0.29) is 23.8 Å². The predicted molar refractivity (Wildman–Crippen MR) is 115 cm³/mol. The number of carbonyl (C=O) groups excluding carboxylic acids is 1. The summed E-state index contributed by atoms with van der Waals surface area (Å²) in [6.45, 7) is 0.693. The summed E-state index contributed by atoms with van der Waals surface area (Å²) in [6, 6.07) is 13.3. The van der Waals surface area contributed by atoms with Crippen LogP contribution in [0.4, 0.5) is 14.6 Å². The number of carbonyl (C=O) groups is 1. The molecule has 0 bridgehead atoms. The number of anilines is 1. The van der Waals surface area contributed by atoms with E-state index in [0.717, 1.165) is 22.2 Å². The molecule has 1 amide bonds. The van der Waals surface area contributed by atoms with Crippen LogP contribution in [0.25, 0.3) is 0 Å². The molecule has 0 spiro atoms. The van der Waals surface area contributed by atoms with Gasteiger partial charge in [-0.3, -0.25) is 4.79 Å². The molecular weight excluding hydrogens is 468 g/mol. The van der Waals surface area contributed by atoms with Crippen molar-refractivity contribution in [1.29, 1.82) is 5.26 Å². The van der Waals surface area contributed by atoms with Gasteiger partial charge in [0.25, 0.3) is 5.91 Å². The van der Waals surface area contributed by atoms with E-state index in [1.54, 1.807) is 0 Å². The molecule has 0 saturated carbocycles. The third-order valence-corrected chi connectivity index (χ3v) is 4.93. The molecule has 0 unspecified atom stereocenters. The Balaban J connectivity index is 1.62. The fourth-order valence-electron chi connectivity index (χ4n) is 2.81. The van der Waals surface area contributed by atoms with Gasteiger partial charge in [0, 0.05) is 17.6 Å². The summed E-state index contributed by atoms with van der Waals surface area (Å²) in [5.74, 6) is -2.11. The van der Waals surface area contributed by atoms with Crippen molar-refractivity contribution in [3.63, 3.8) is 0 Å². The van der Waals surface area contributed by atoms with Crippen LogP contribution in [0, 0.1) is 23.0 Å². The Bertz CT molecular complexity index is 1120. The number of halogens is 3. The molecule has 3 aromatic rings. The normalized spacial score (nSPS) is 10.4. The average molecular weight is 486 g/mol. The monoisotopic (exact) mass is 485 g/mol. The molecule has 0 saturated heterocycles. The minimum Gasteiger partial charge on any atom is -0.368 e. The van der Waals surface area contributed by atoms with Gasteiger partial charge in [0.2, 0.25) is 0 Å². The van der Waals surface area contributed by atoms with Crippen LogP contribution >= 0.6 is 15.9 Å². The van der Waals surface area contributed by atoms with Gasteiger partial charge in [-0.2, -0.15) is 5.26 Å². The van der Waals surface area contributed by atoms with Crippen LogP contribution in [0.5, 0.6) is 0 Å². The molecule has 1 heterocycles. The molecule has 2 aromatic carbocycles. The second-order valence-electron chi connectivity index (χ2n) is 6.62. The van der Waals surface area contributed by atoms with Gasteiger partial charge in [-0.25, -0.2) is 18.7 Å². The highest BCUT2D eigenvalue weighted by atomic mass is 79.9.